The van der Waals surface area contributed by atoms with Crippen molar-refractivity contribution >= 4 is 26.7 Å². The number of nitrogens with one attached hydrogen (secondary N) is 1. The first-order valence-corrected chi connectivity index (χ1v) is 6.64. The van der Waals surface area contributed by atoms with Crippen LogP contribution in [0.4, 0.5) is 5.13 Å². The third kappa shape index (κ3) is 2.46. The molecule has 2 aromatic carbocycles. The number of phenols is 2. The molecule has 96 valence electrons. The Labute approximate surface area is 114 Å². The highest BCUT2D eigenvalue weighted by atomic mass is 32.1. The second-order valence-corrected chi connectivity index (χ2v) is 5.19. The maximum absolute atomic E-state index is 9.42. The Bertz CT molecular complexity index is 691. The molecule has 0 aliphatic heterocycles. The summed E-state index contributed by atoms with van der Waals surface area (Å²) in [5.74, 6) is -0.215. The van der Waals surface area contributed by atoms with Crippen molar-refractivity contribution < 1.29 is 10.2 Å². The molecular formula is C14H12N2O2S. The number of hydrogen-bond donors (Lipinski definition) is 3. The van der Waals surface area contributed by atoms with Gasteiger partial charge in [-0.2, -0.15) is 0 Å². The Morgan fingerprint density at radius 3 is 2.68 bits per heavy atom. The number of hydrogen-bond acceptors (Lipinski definition) is 5. The van der Waals surface area contributed by atoms with Crippen molar-refractivity contribution in [3.63, 3.8) is 0 Å². The average molecular weight is 272 g/mol. The Morgan fingerprint density at radius 1 is 1.05 bits per heavy atom. The van der Waals surface area contributed by atoms with Crippen LogP contribution in [0.5, 0.6) is 11.5 Å². The molecule has 3 N–H and O–H groups in total. The van der Waals surface area contributed by atoms with E-state index in [1.165, 1.54) is 12.1 Å². The number of aromatic nitrogens is 1. The van der Waals surface area contributed by atoms with Gasteiger partial charge in [-0.1, -0.05) is 29.5 Å². The van der Waals surface area contributed by atoms with Crippen LogP contribution in [0.1, 0.15) is 5.56 Å². The van der Waals surface area contributed by atoms with Gasteiger partial charge in [0.05, 0.1) is 10.2 Å². The molecule has 0 amide bonds. The molecule has 0 aliphatic carbocycles. The first-order valence-electron chi connectivity index (χ1n) is 5.83. The average Bonchev–Trinajstić information content (AvgIpc) is 2.83. The molecule has 3 aromatic rings. The number of fused-ring (bicyclic) bond motifs is 1. The zero-order valence-electron chi connectivity index (χ0n) is 10.00. The van der Waals surface area contributed by atoms with E-state index >= 15 is 0 Å². The molecule has 0 aliphatic rings. The third-order valence-corrected chi connectivity index (χ3v) is 3.77. The van der Waals surface area contributed by atoms with Crippen LogP contribution in [0.15, 0.2) is 42.5 Å². The van der Waals surface area contributed by atoms with Gasteiger partial charge in [-0.05, 0) is 29.8 Å². The topological polar surface area (TPSA) is 65.4 Å². The molecule has 0 atom stereocenters. The summed E-state index contributed by atoms with van der Waals surface area (Å²) >= 11 is 1.59. The van der Waals surface area contributed by atoms with Gasteiger partial charge in [-0.15, -0.1) is 0 Å². The van der Waals surface area contributed by atoms with Gasteiger partial charge in [-0.3, -0.25) is 0 Å². The molecule has 4 nitrogen and oxygen atoms in total. The number of thiazole rings is 1. The summed E-state index contributed by atoms with van der Waals surface area (Å²) in [6, 6.07) is 12.7. The van der Waals surface area contributed by atoms with E-state index in [9.17, 15) is 10.2 Å². The van der Waals surface area contributed by atoms with Gasteiger partial charge in [0.1, 0.15) is 0 Å². The van der Waals surface area contributed by atoms with E-state index in [-0.39, 0.29) is 11.5 Å². The van der Waals surface area contributed by atoms with E-state index in [1.54, 1.807) is 17.4 Å². The Balaban J connectivity index is 1.76. The predicted octanol–water partition coefficient (Wildman–Crippen LogP) is 3.32. The minimum Gasteiger partial charge on any atom is -0.504 e. The summed E-state index contributed by atoms with van der Waals surface area (Å²) in [5.41, 5.74) is 1.86. The van der Waals surface area contributed by atoms with Crippen LogP contribution >= 0.6 is 11.3 Å². The van der Waals surface area contributed by atoms with E-state index in [2.05, 4.69) is 10.3 Å². The fraction of sp³-hybridized carbons (Fsp3) is 0.0714. The van der Waals surface area contributed by atoms with Crippen LogP contribution in [-0.2, 0) is 6.54 Å². The van der Waals surface area contributed by atoms with E-state index in [0.29, 0.717) is 6.54 Å². The molecular weight excluding hydrogens is 260 g/mol. The predicted molar refractivity (Wildman–Crippen MR) is 76.7 cm³/mol. The normalized spacial score (nSPS) is 10.7. The van der Waals surface area contributed by atoms with Gasteiger partial charge >= 0.3 is 0 Å². The second kappa shape index (κ2) is 4.78. The number of rotatable bonds is 3. The van der Waals surface area contributed by atoms with Gasteiger partial charge in [0.25, 0.3) is 0 Å². The van der Waals surface area contributed by atoms with Crippen LogP contribution in [0.3, 0.4) is 0 Å². The molecule has 5 heteroatoms. The lowest BCUT2D eigenvalue weighted by molar-refractivity contribution is 0.403. The Hall–Kier alpha value is -2.27. The first-order chi connectivity index (χ1) is 9.22. The van der Waals surface area contributed by atoms with Crippen molar-refractivity contribution in [3.05, 3.63) is 48.0 Å². The van der Waals surface area contributed by atoms with E-state index < -0.39 is 0 Å². The van der Waals surface area contributed by atoms with Crippen LogP contribution < -0.4 is 5.32 Å². The summed E-state index contributed by atoms with van der Waals surface area (Å²) in [4.78, 5) is 4.46. The molecule has 1 aromatic heterocycles. The van der Waals surface area contributed by atoms with Gasteiger partial charge < -0.3 is 15.5 Å². The Kier molecular flexibility index (Phi) is 2.97. The van der Waals surface area contributed by atoms with Crippen molar-refractivity contribution in [1.29, 1.82) is 0 Å². The lowest BCUT2D eigenvalue weighted by Gasteiger charge is -2.04. The lowest BCUT2D eigenvalue weighted by Crippen LogP contribution is -1.98. The lowest BCUT2D eigenvalue weighted by atomic mass is 10.2. The summed E-state index contributed by atoms with van der Waals surface area (Å²) in [7, 11) is 0. The fourth-order valence-corrected chi connectivity index (χ4v) is 2.67. The standard InChI is InChI=1S/C14H12N2O2S/c17-11-6-5-9(7-12(11)18)8-15-14-16-10-3-1-2-4-13(10)19-14/h1-7,17-18H,8H2,(H,15,16). The number of para-hydroxylation sites is 1. The zero-order chi connectivity index (χ0) is 13.2. The molecule has 0 unspecified atom stereocenters. The largest absolute Gasteiger partial charge is 0.504 e. The van der Waals surface area contributed by atoms with Crippen molar-refractivity contribution in [3.8, 4) is 11.5 Å². The summed E-state index contributed by atoms with van der Waals surface area (Å²) < 4.78 is 1.14. The van der Waals surface area contributed by atoms with E-state index in [1.807, 2.05) is 24.3 Å². The van der Waals surface area contributed by atoms with Crippen LogP contribution in [0.25, 0.3) is 10.2 Å². The maximum Gasteiger partial charge on any atom is 0.184 e. The molecule has 0 saturated carbocycles. The highest BCUT2D eigenvalue weighted by molar-refractivity contribution is 7.22. The molecule has 1 heterocycles. The van der Waals surface area contributed by atoms with Crippen molar-refractivity contribution in [2.75, 3.05) is 5.32 Å². The fourth-order valence-electron chi connectivity index (χ4n) is 1.80. The minimum absolute atomic E-state index is 0.108. The van der Waals surface area contributed by atoms with Crippen molar-refractivity contribution in [1.82, 2.24) is 4.98 Å². The zero-order valence-corrected chi connectivity index (χ0v) is 10.8. The van der Waals surface area contributed by atoms with E-state index in [0.717, 1.165) is 20.9 Å². The van der Waals surface area contributed by atoms with Gasteiger partial charge in [0, 0.05) is 6.54 Å². The number of benzene rings is 2. The molecule has 0 spiro atoms. The number of phenolic OH excluding ortho intramolecular Hbond substituents is 2. The summed E-state index contributed by atoms with van der Waals surface area (Å²) in [5, 5.41) is 22.7. The van der Waals surface area contributed by atoms with Gasteiger partial charge in [-0.25, -0.2) is 4.98 Å². The monoisotopic (exact) mass is 272 g/mol. The Morgan fingerprint density at radius 2 is 1.89 bits per heavy atom. The third-order valence-electron chi connectivity index (χ3n) is 2.78. The quantitative estimate of drug-likeness (QED) is 0.640. The van der Waals surface area contributed by atoms with Gasteiger partial charge in [0.2, 0.25) is 0 Å². The number of nitrogens with zero attached hydrogens (tertiary/aromatic N) is 1. The SMILES string of the molecule is Oc1ccc(CNc2nc3ccccc3s2)cc1O. The van der Waals surface area contributed by atoms with Crippen LogP contribution in [0, 0.1) is 0 Å². The molecule has 0 radical (unpaired) electrons. The van der Waals surface area contributed by atoms with Crippen LogP contribution in [0.2, 0.25) is 0 Å². The minimum atomic E-state index is -0.108. The van der Waals surface area contributed by atoms with Gasteiger partial charge in [0.15, 0.2) is 16.6 Å². The summed E-state index contributed by atoms with van der Waals surface area (Å²) in [6.45, 7) is 0.549. The molecule has 0 fully saturated rings. The maximum atomic E-state index is 9.42. The highest BCUT2D eigenvalue weighted by Crippen LogP contribution is 2.27. The second-order valence-electron chi connectivity index (χ2n) is 4.16. The molecule has 3 rings (SSSR count). The smallest absolute Gasteiger partial charge is 0.184 e. The van der Waals surface area contributed by atoms with Crippen molar-refractivity contribution in [2.45, 2.75) is 6.54 Å². The molecule has 0 saturated heterocycles. The summed E-state index contributed by atoms with van der Waals surface area (Å²) in [6.07, 6.45) is 0. The van der Waals surface area contributed by atoms with E-state index in [4.69, 9.17) is 0 Å². The highest BCUT2D eigenvalue weighted by Gasteiger charge is 2.04. The van der Waals surface area contributed by atoms with Crippen molar-refractivity contribution in [2.24, 2.45) is 0 Å². The number of anilines is 1. The molecule has 0 bridgehead atoms. The number of aromatic hydroxyl groups is 2. The first kappa shape index (κ1) is 11.8. The van der Waals surface area contributed by atoms with Crippen LogP contribution in [-0.4, -0.2) is 15.2 Å². The molecule has 19 heavy (non-hydrogen) atoms.